The maximum atomic E-state index is 5.01. The Hall–Kier alpha value is -0.960. The molecule has 0 aliphatic heterocycles. The lowest BCUT2D eigenvalue weighted by molar-refractivity contribution is 0.181. The fraction of sp³-hybridized carbons (Fsp3) is 0.600. The molecule has 0 N–H and O–H groups in total. The molecule has 1 aromatic rings. The minimum absolute atomic E-state index is 0.0748. The fourth-order valence-electron chi connectivity index (χ4n) is 1.03. The summed E-state index contributed by atoms with van der Waals surface area (Å²) in [7, 11) is 1.67. The summed E-state index contributed by atoms with van der Waals surface area (Å²) in [5.74, 6) is 0. The highest BCUT2D eigenvalue weighted by Gasteiger charge is 2.15. The van der Waals surface area contributed by atoms with E-state index in [1.54, 1.807) is 13.4 Å². The van der Waals surface area contributed by atoms with Gasteiger partial charge in [0.25, 0.3) is 0 Å². The molecule has 13 heavy (non-hydrogen) atoms. The van der Waals surface area contributed by atoms with Crippen LogP contribution < -0.4 is 0 Å². The average molecular weight is 180 g/mol. The van der Waals surface area contributed by atoms with Gasteiger partial charge in [-0.05, 0) is 6.07 Å². The molecular formula is C10H16N2O. The quantitative estimate of drug-likeness (QED) is 0.697. The second-order valence-corrected chi connectivity index (χ2v) is 4.08. The second-order valence-electron chi connectivity index (χ2n) is 4.08. The monoisotopic (exact) mass is 180 g/mol. The van der Waals surface area contributed by atoms with Gasteiger partial charge in [0.2, 0.25) is 0 Å². The smallest absolute Gasteiger partial charge is 0.116 e. The number of aromatic nitrogens is 2. The maximum Gasteiger partial charge on any atom is 0.116 e. The highest BCUT2D eigenvalue weighted by molar-refractivity contribution is 5.15. The molecule has 0 atom stereocenters. The summed E-state index contributed by atoms with van der Waals surface area (Å²) in [6.07, 6.45) is 1.59. The van der Waals surface area contributed by atoms with E-state index in [-0.39, 0.29) is 5.41 Å². The van der Waals surface area contributed by atoms with E-state index in [0.29, 0.717) is 6.61 Å². The number of hydrogen-bond acceptors (Lipinski definition) is 3. The van der Waals surface area contributed by atoms with E-state index in [0.717, 1.165) is 11.4 Å². The lowest BCUT2D eigenvalue weighted by Crippen LogP contribution is -2.14. The van der Waals surface area contributed by atoms with Gasteiger partial charge in [-0.3, -0.25) is 0 Å². The minimum Gasteiger partial charge on any atom is -0.378 e. The molecule has 0 aliphatic rings. The van der Waals surface area contributed by atoms with Gasteiger partial charge in [0.15, 0.2) is 0 Å². The third kappa shape index (κ3) is 2.77. The topological polar surface area (TPSA) is 35.0 Å². The van der Waals surface area contributed by atoms with Crippen molar-refractivity contribution in [1.29, 1.82) is 0 Å². The molecule has 0 bridgehead atoms. The molecule has 0 unspecified atom stereocenters. The molecule has 72 valence electrons. The summed E-state index contributed by atoms with van der Waals surface area (Å²) in [5.41, 5.74) is 2.06. The van der Waals surface area contributed by atoms with Crippen LogP contribution in [-0.4, -0.2) is 17.1 Å². The normalized spacial score (nSPS) is 11.7. The summed E-state index contributed by atoms with van der Waals surface area (Å²) in [4.78, 5) is 8.33. The molecular weight excluding hydrogens is 164 g/mol. The van der Waals surface area contributed by atoms with Crippen molar-refractivity contribution in [3.63, 3.8) is 0 Å². The second kappa shape index (κ2) is 3.83. The molecule has 3 heteroatoms. The average Bonchev–Trinajstić information content (AvgIpc) is 2.04. The van der Waals surface area contributed by atoms with Gasteiger partial charge in [0, 0.05) is 18.2 Å². The van der Waals surface area contributed by atoms with Crippen molar-refractivity contribution in [2.45, 2.75) is 32.8 Å². The SMILES string of the molecule is COCc1cc(C(C)(C)C)ncn1. The summed E-state index contributed by atoms with van der Waals surface area (Å²) >= 11 is 0. The third-order valence-electron chi connectivity index (χ3n) is 1.78. The van der Waals surface area contributed by atoms with Crippen LogP contribution in [0, 0.1) is 0 Å². The molecule has 1 rings (SSSR count). The van der Waals surface area contributed by atoms with Crippen LogP contribution in [0.25, 0.3) is 0 Å². The van der Waals surface area contributed by atoms with E-state index in [4.69, 9.17) is 4.74 Å². The zero-order chi connectivity index (χ0) is 9.90. The van der Waals surface area contributed by atoms with Gasteiger partial charge in [-0.2, -0.15) is 0 Å². The van der Waals surface area contributed by atoms with Crippen molar-refractivity contribution in [3.05, 3.63) is 23.8 Å². The number of nitrogens with zero attached hydrogens (tertiary/aromatic N) is 2. The first-order valence-corrected chi connectivity index (χ1v) is 4.34. The summed E-state index contributed by atoms with van der Waals surface area (Å²) in [5, 5.41) is 0. The predicted octanol–water partition coefficient (Wildman–Crippen LogP) is 1.92. The molecule has 1 heterocycles. The van der Waals surface area contributed by atoms with Gasteiger partial charge in [0.1, 0.15) is 6.33 Å². The van der Waals surface area contributed by atoms with Crippen molar-refractivity contribution < 1.29 is 4.74 Å². The minimum atomic E-state index is 0.0748. The number of hydrogen-bond donors (Lipinski definition) is 0. The summed E-state index contributed by atoms with van der Waals surface area (Å²) in [6.45, 7) is 6.94. The standard InChI is InChI=1S/C10H16N2O/c1-10(2,3)9-5-8(6-13-4)11-7-12-9/h5,7H,6H2,1-4H3. The summed E-state index contributed by atoms with van der Waals surface area (Å²) < 4.78 is 5.01. The van der Waals surface area contributed by atoms with Crippen molar-refractivity contribution in [3.8, 4) is 0 Å². The Morgan fingerprint density at radius 2 is 2.00 bits per heavy atom. The van der Waals surface area contributed by atoms with Crippen LogP contribution in [0.5, 0.6) is 0 Å². The Balaban J connectivity index is 2.92. The van der Waals surface area contributed by atoms with Gasteiger partial charge in [0.05, 0.1) is 12.3 Å². The molecule has 0 amide bonds. The molecule has 0 saturated carbocycles. The zero-order valence-electron chi connectivity index (χ0n) is 8.66. The van der Waals surface area contributed by atoms with E-state index in [9.17, 15) is 0 Å². The number of methoxy groups -OCH3 is 1. The highest BCUT2D eigenvalue weighted by Crippen LogP contribution is 2.19. The highest BCUT2D eigenvalue weighted by atomic mass is 16.5. The van der Waals surface area contributed by atoms with Crippen LogP contribution >= 0.6 is 0 Å². The van der Waals surface area contributed by atoms with E-state index < -0.39 is 0 Å². The van der Waals surface area contributed by atoms with Crippen LogP contribution in [0.15, 0.2) is 12.4 Å². The molecule has 1 aromatic heterocycles. The maximum absolute atomic E-state index is 5.01. The molecule has 0 radical (unpaired) electrons. The molecule has 0 spiro atoms. The van der Waals surface area contributed by atoms with Gasteiger partial charge < -0.3 is 4.74 Å². The van der Waals surface area contributed by atoms with Gasteiger partial charge >= 0.3 is 0 Å². The lowest BCUT2D eigenvalue weighted by atomic mass is 9.92. The van der Waals surface area contributed by atoms with Crippen LogP contribution in [0.4, 0.5) is 0 Å². The Kier molecular flexibility index (Phi) is 2.98. The molecule has 0 saturated heterocycles. The van der Waals surface area contributed by atoms with Crippen LogP contribution in [-0.2, 0) is 16.8 Å². The predicted molar refractivity (Wildman–Crippen MR) is 51.4 cm³/mol. The van der Waals surface area contributed by atoms with Crippen molar-refractivity contribution in [2.24, 2.45) is 0 Å². The van der Waals surface area contributed by atoms with E-state index in [1.165, 1.54) is 0 Å². The fourth-order valence-corrected chi connectivity index (χ4v) is 1.03. The molecule has 0 fully saturated rings. The lowest BCUT2D eigenvalue weighted by Gasteiger charge is -2.17. The van der Waals surface area contributed by atoms with Crippen LogP contribution in [0.1, 0.15) is 32.2 Å². The van der Waals surface area contributed by atoms with Gasteiger partial charge in [-0.25, -0.2) is 9.97 Å². The molecule has 0 aromatic carbocycles. The first kappa shape index (κ1) is 10.1. The Bertz CT molecular complexity index is 278. The number of ether oxygens (including phenoxy) is 1. The van der Waals surface area contributed by atoms with E-state index in [2.05, 4.69) is 30.7 Å². The van der Waals surface area contributed by atoms with E-state index >= 15 is 0 Å². The Morgan fingerprint density at radius 3 is 2.54 bits per heavy atom. The molecule has 0 aliphatic carbocycles. The van der Waals surface area contributed by atoms with Crippen molar-refractivity contribution in [1.82, 2.24) is 9.97 Å². The zero-order valence-corrected chi connectivity index (χ0v) is 8.66. The first-order valence-electron chi connectivity index (χ1n) is 4.34. The Morgan fingerprint density at radius 1 is 1.31 bits per heavy atom. The first-order chi connectivity index (χ1) is 6.04. The van der Waals surface area contributed by atoms with Gasteiger partial charge in [-0.15, -0.1) is 0 Å². The third-order valence-corrected chi connectivity index (χ3v) is 1.78. The Labute approximate surface area is 79.2 Å². The van der Waals surface area contributed by atoms with E-state index in [1.807, 2.05) is 6.07 Å². The van der Waals surface area contributed by atoms with Crippen LogP contribution in [0.3, 0.4) is 0 Å². The number of rotatable bonds is 2. The van der Waals surface area contributed by atoms with Crippen molar-refractivity contribution >= 4 is 0 Å². The molecule has 3 nitrogen and oxygen atoms in total. The largest absolute Gasteiger partial charge is 0.378 e. The van der Waals surface area contributed by atoms with Crippen molar-refractivity contribution in [2.75, 3.05) is 7.11 Å². The van der Waals surface area contributed by atoms with Gasteiger partial charge in [-0.1, -0.05) is 20.8 Å². The summed E-state index contributed by atoms with van der Waals surface area (Å²) in [6, 6.07) is 1.99. The van der Waals surface area contributed by atoms with Crippen LogP contribution in [0.2, 0.25) is 0 Å².